The lowest BCUT2D eigenvalue weighted by molar-refractivity contribution is -0.121. The van der Waals surface area contributed by atoms with E-state index in [9.17, 15) is 14.0 Å². The van der Waals surface area contributed by atoms with Crippen molar-refractivity contribution in [1.29, 1.82) is 0 Å². The molecule has 2 N–H and O–H groups in total. The fourth-order valence-corrected chi connectivity index (χ4v) is 3.89. The van der Waals surface area contributed by atoms with Gasteiger partial charge in [0.15, 0.2) is 0 Å². The largest absolute Gasteiger partial charge is 0.326 e. The molecular formula is C22H23FN2O2. The van der Waals surface area contributed by atoms with E-state index in [1.54, 1.807) is 30.3 Å². The van der Waals surface area contributed by atoms with E-state index in [-0.39, 0.29) is 23.5 Å². The van der Waals surface area contributed by atoms with E-state index in [0.717, 1.165) is 49.8 Å². The predicted molar refractivity (Wildman–Crippen MR) is 103 cm³/mol. The second-order valence-electron chi connectivity index (χ2n) is 7.59. The van der Waals surface area contributed by atoms with Gasteiger partial charge in [-0.15, -0.1) is 0 Å². The quantitative estimate of drug-likeness (QED) is 0.811. The first-order chi connectivity index (χ1) is 13.1. The molecule has 0 unspecified atom stereocenters. The topological polar surface area (TPSA) is 58.2 Å². The maximum absolute atomic E-state index is 13.7. The number of carbonyl (C=O) groups is 2. The van der Waals surface area contributed by atoms with Gasteiger partial charge in [0.2, 0.25) is 11.8 Å². The molecule has 0 atom stereocenters. The van der Waals surface area contributed by atoms with Crippen LogP contribution in [0, 0.1) is 11.7 Å². The lowest BCUT2D eigenvalue weighted by Gasteiger charge is -2.28. The molecule has 4 rings (SSSR count). The molecule has 0 radical (unpaired) electrons. The van der Waals surface area contributed by atoms with Crippen LogP contribution in [-0.4, -0.2) is 11.8 Å². The lowest BCUT2D eigenvalue weighted by Crippen LogP contribution is -2.38. The number of rotatable bonds is 5. The van der Waals surface area contributed by atoms with Crippen LogP contribution in [0.3, 0.4) is 0 Å². The summed E-state index contributed by atoms with van der Waals surface area (Å²) in [5, 5.41) is 5.87. The van der Waals surface area contributed by atoms with Gasteiger partial charge in [0.05, 0.1) is 5.41 Å². The number of hydrogen-bond acceptors (Lipinski definition) is 2. The minimum absolute atomic E-state index is 0.0581. The first-order valence-electron chi connectivity index (χ1n) is 9.55. The summed E-state index contributed by atoms with van der Waals surface area (Å²) in [7, 11) is 0. The second-order valence-corrected chi connectivity index (χ2v) is 7.59. The number of benzene rings is 2. The van der Waals surface area contributed by atoms with Crippen LogP contribution in [0.4, 0.5) is 15.8 Å². The van der Waals surface area contributed by atoms with Gasteiger partial charge in [-0.1, -0.05) is 25.0 Å². The summed E-state index contributed by atoms with van der Waals surface area (Å²) in [4.78, 5) is 24.9. The highest BCUT2D eigenvalue weighted by Gasteiger charge is 2.42. The summed E-state index contributed by atoms with van der Waals surface area (Å²) >= 11 is 0. The molecule has 2 aliphatic carbocycles. The maximum Gasteiger partial charge on any atom is 0.235 e. The van der Waals surface area contributed by atoms with Crippen molar-refractivity contribution in [2.45, 2.75) is 43.9 Å². The van der Waals surface area contributed by atoms with Gasteiger partial charge in [0.1, 0.15) is 5.82 Å². The smallest absolute Gasteiger partial charge is 0.235 e. The van der Waals surface area contributed by atoms with E-state index in [0.29, 0.717) is 5.69 Å². The third-order valence-corrected chi connectivity index (χ3v) is 5.63. The van der Waals surface area contributed by atoms with Gasteiger partial charge < -0.3 is 10.6 Å². The zero-order chi connectivity index (χ0) is 18.9. The van der Waals surface area contributed by atoms with Gasteiger partial charge >= 0.3 is 0 Å². The summed E-state index contributed by atoms with van der Waals surface area (Å²) in [6.45, 7) is 0. The molecule has 0 bridgehead atoms. The van der Waals surface area contributed by atoms with E-state index in [4.69, 9.17) is 0 Å². The van der Waals surface area contributed by atoms with Crippen LogP contribution in [-0.2, 0) is 15.0 Å². The number of hydrogen-bond donors (Lipinski definition) is 2. The minimum atomic E-state index is -0.680. The summed E-state index contributed by atoms with van der Waals surface area (Å²) in [6, 6.07) is 13.5. The Bertz CT molecular complexity index is 853. The third kappa shape index (κ3) is 3.72. The predicted octanol–water partition coefficient (Wildman–Crippen LogP) is 4.62. The first-order valence-corrected chi connectivity index (χ1v) is 9.55. The molecule has 0 heterocycles. The Hall–Kier alpha value is -2.69. The zero-order valence-corrected chi connectivity index (χ0v) is 15.1. The first kappa shape index (κ1) is 17.7. The van der Waals surface area contributed by atoms with Gasteiger partial charge in [0, 0.05) is 17.3 Å². The monoisotopic (exact) mass is 366 g/mol. The second kappa shape index (κ2) is 7.14. The van der Waals surface area contributed by atoms with Crippen LogP contribution in [0.2, 0.25) is 0 Å². The van der Waals surface area contributed by atoms with Gasteiger partial charge in [-0.05, 0) is 67.6 Å². The zero-order valence-electron chi connectivity index (χ0n) is 15.1. The number of amides is 2. The molecule has 0 saturated heterocycles. The number of anilines is 2. The Morgan fingerprint density at radius 2 is 1.56 bits per heavy atom. The van der Waals surface area contributed by atoms with Crippen molar-refractivity contribution < 1.29 is 14.0 Å². The van der Waals surface area contributed by atoms with E-state index in [2.05, 4.69) is 10.6 Å². The molecule has 2 aromatic rings. The summed E-state index contributed by atoms with van der Waals surface area (Å²) < 4.78 is 13.7. The average molecular weight is 366 g/mol. The third-order valence-electron chi connectivity index (χ3n) is 5.63. The number of nitrogens with one attached hydrogen (secondary N) is 2. The number of carbonyl (C=O) groups excluding carboxylic acids is 2. The molecule has 5 heteroatoms. The van der Waals surface area contributed by atoms with Crippen molar-refractivity contribution in [1.82, 2.24) is 0 Å². The SMILES string of the molecule is O=C(Nc1ccc(NC(=O)C2(c3cccc(F)c3)CCCC2)cc1)C1CC1. The highest BCUT2D eigenvalue weighted by molar-refractivity contribution is 6.00. The Morgan fingerprint density at radius 3 is 2.15 bits per heavy atom. The van der Waals surface area contributed by atoms with Crippen molar-refractivity contribution in [2.24, 2.45) is 5.92 Å². The van der Waals surface area contributed by atoms with Crippen LogP contribution < -0.4 is 10.6 Å². The Kier molecular flexibility index (Phi) is 4.68. The molecular weight excluding hydrogens is 343 g/mol. The molecule has 4 nitrogen and oxygen atoms in total. The lowest BCUT2D eigenvalue weighted by atomic mass is 9.78. The molecule has 0 spiro atoms. The molecule has 0 aromatic heterocycles. The molecule has 2 aromatic carbocycles. The van der Waals surface area contributed by atoms with E-state index >= 15 is 0 Å². The van der Waals surface area contributed by atoms with Crippen LogP contribution in [0.25, 0.3) is 0 Å². The maximum atomic E-state index is 13.7. The Balaban J connectivity index is 1.49. The van der Waals surface area contributed by atoms with E-state index < -0.39 is 5.41 Å². The fourth-order valence-electron chi connectivity index (χ4n) is 3.89. The van der Waals surface area contributed by atoms with E-state index in [1.807, 2.05) is 6.07 Å². The summed E-state index contributed by atoms with van der Waals surface area (Å²) in [6.07, 6.45) is 5.27. The average Bonchev–Trinajstić information content (AvgIpc) is 3.40. The highest BCUT2D eigenvalue weighted by atomic mass is 19.1. The standard InChI is InChI=1S/C22H23FN2O2/c23-17-5-3-4-16(14-17)22(12-1-2-13-22)21(27)25-19-10-8-18(9-11-19)24-20(26)15-6-7-15/h3-5,8-11,14-15H,1-2,6-7,12-13H2,(H,24,26)(H,25,27). The van der Waals surface area contributed by atoms with Crippen LogP contribution in [0.5, 0.6) is 0 Å². The van der Waals surface area contributed by atoms with Crippen molar-refractivity contribution >= 4 is 23.2 Å². The normalized spacial score (nSPS) is 18.1. The minimum Gasteiger partial charge on any atom is -0.326 e. The van der Waals surface area contributed by atoms with Crippen molar-refractivity contribution in [3.63, 3.8) is 0 Å². The van der Waals surface area contributed by atoms with Crippen LogP contribution in [0.15, 0.2) is 48.5 Å². The van der Waals surface area contributed by atoms with Crippen LogP contribution in [0.1, 0.15) is 44.1 Å². The Labute approximate surface area is 158 Å². The molecule has 27 heavy (non-hydrogen) atoms. The van der Waals surface area contributed by atoms with Crippen molar-refractivity contribution in [2.75, 3.05) is 10.6 Å². The van der Waals surface area contributed by atoms with Gasteiger partial charge in [-0.2, -0.15) is 0 Å². The Morgan fingerprint density at radius 1 is 0.926 bits per heavy atom. The molecule has 2 amide bonds. The van der Waals surface area contributed by atoms with E-state index in [1.165, 1.54) is 12.1 Å². The fraction of sp³-hybridized carbons (Fsp3) is 0.364. The van der Waals surface area contributed by atoms with Crippen molar-refractivity contribution in [3.05, 3.63) is 59.9 Å². The van der Waals surface area contributed by atoms with Crippen molar-refractivity contribution in [3.8, 4) is 0 Å². The van der Waals surface area contributed by atoms with Gasteiger partial charge in [-0.3, -0.25) is 9.59 Å². The van der Waals surface area contributed by atoms with Crippen LogP contribution >= 0.6 is 0 Å². The molecule has 0 aliphatic heterocycles. The summed E-state index contributed by atoms with van der Waals surface area (Å²) in [5.74, 6) is -0.205. The molecule has 2 fully saturated rings. The number of halogens is 1. The van der Waals surface area contributed by atoms with Gasteiger partial charge in [0.25, 0.3) is 0 Å². The highest BCUT2D eigenvalue weighted by Crippen LogP contribution is 2.42. The molecule has 2 aliphatic rings. The van der Waals surface area contributed by atoms with Gasteiger partial charge in [-0.25, -0.2) is 4.39 Å². The molecule has 140 valence electrons. The molecule has 2 saturated carbocycles. The summed E-state index contributed by atoms with van der Waals surface area (Å²) in [5.41, 5.74) is 1.46.